The Balaban J connectivity index is 0.000000333. The van der Waals surface area contributed by atoms with Crippen LogP contribution in [0.2, 0.25) is 0 Å². The first-order chi connectivity index (χ1) is 11.4. The van der Waals surface area contributed by atoms with Crippen LogP contribution in [0.1, 0.15) is 11.1 Å². The molecule has 0 spiro atoms. The fraction of sp³-hybridized carbons (Fsp3) is 0.222. The number of esters is 1. The number of methoxy groups -OCH3 is 1. The van der Waals surface area contributed by atoms with Crippen molar-refractivity contribution >= 4 is 28.3 Å². The normalized spacial score (nSPS) is 8.67. The van der Waals surface area contributed by atoms with E-state index in [0.717, 1.165) is 10.0 Å². The molecule has 0 saturated carbocycles. The summed E-state index contributed by atoms with van der Waals surface area (Å²) in [6.45, 7) is 3.96. The van der Waals surface area contributed by atoms with E-state index in [2.05, 4.69) is 45.0 Å². The second-order valence-electron chi connectivity index (χ2n) is 4.68. The predicted molar refractivity (Wildman–Crippen MR) is 97.8 cm³/mol. The first-order valence-corrected chi connectivity index (χ1v) is 7.90. The molecule has 24 heavy (non-hydrogen) atoms. The number of rotatable bonds is 3. The van der Waals surface area contributed by atoms with Gasteiger partial charge in [-0.05, 0) is 47.5 Å². The summed E-state index contributed by atoms with van der Waals surface area (Å²) >= 11 is 3.18. The first kappa shape index (κ1) is 21.7. The maximum atomic E-state index is 10.1. The number of nitrogens with one attached hydrogen (secondary N) is 1. The van der Waals surface area contributed by atoms with Crippen molar-refractivity contribution in [3.8, 4) is 5.75 Å². The number of ether oxygens (including phenoxy) is 1. The molecule has 0 radical (unpaired) electrons. The van der Waals surface area contributed by atoms with E-state index in [0.29, 0.717) is 12.2 Å². The fourth-order valence-corrected chi connectivity index (χ4v) is 1.60. The molecule has 0 aromatic heterocycles. The summed E-state index contributed by atoms with van der Waals surface area (Å²) < 4.78 is 4.94. The zero-order valence-corrected chi connectivity index (χ0v) is 15.5. The largest absolute Gasteiger partial charge is 0.507 e. The minimum Gasteiger partial charge on any atom is -0.507 e. The Morgan fingerprint density at radius 3 is 2.17 bits per heavy atom. The minimum atomic E-state index is -0.447. The Hall–Kier alpha value is -2.34. The lowest BCUT2D eigenvalue weighted by atomic mass is 10.2. The Bertz CT molecular complexity index is 618. The van der Waals surface area contributed by atoms with Crippen LogP contribution in [0.5, 0.6) is 5.75 Å². The minimum absolute atomic E-state index is 0.0556. The van der Waals surface area contributed by atoms with Crippen LogP contribution in [0.4, 0.5) is 0 Å². The fourth-order valence-electron chi connectivity index (χ4n) is 1.35. The molecular formula is C18H22BrNO4. The van der Waals surface area contributed by atoms with Crippen LogP contribution in [-0.2, 0) is 14.3 Å². The maximum absolute atomic E-state index is 10.1. The van der Waals surface area contributed by atoms with Crippen molar-refractivity contribution in [2.75, 3.05) is 13.7 Å². The van der Waals surface area contributed by atoms with Crippen LogP contribution in [0.3, 0.4) is 0 Å². The third kappa shape index (κ3) is 11.3. The zero-order chi connectivity index (χ0) is 18.4. The van der Waals surface area contributed by atoms with E-state index in [1.54, 1.807) is 6.07 Å². The van der Waals surface area contributed by atoms with Gasteiger partial charge in [0.1, 0.15) is 12.3 Å². The van der Waals surface area contributed by atoms with E-state index < -0.39 is 5.97 Å². The summed E-state index contributed by atoms with van der Waals surface area (Å²) in [7, 11) is 1.26. The molecule has 0 fully saturated rings. The first-order valence-electron chi connectivity index (χ1n) is 7.11. The highest BCUT2D eigenvalue weighted by Crippen LogP contribution is 2.23. The van der Waals surface area contributed by atoms with Gasteiger partial charge in [0, 0.05) is 0 Å². The number of aromatic hydroxyl groups is 1. The molecule has 0 aliphatic rings. The molecule has 2 aromatic rings. The van der Waals surface area contributed by atoms with Gasteiger partial charge in [-0.3, -0.25) is 9.59 Å². The van der Waals surface area contributed by atoms with Crippen molar-refractivity contribution in [2.45, 2.75) is 13.8 Å². The van der Waals surface area contributed by atoms with Crippen molar-refractivity contribution in [3.05, 3.63) is 64.1 Å². The van der Waals surface area contributed by atoms with Crippen molar-refractivity contribution in [3.63, 3.8) is 0 Å². The van der Waals surface area contributed by atoms with E-state index in [4.69, 9.17) is 5.11 Å². The van der Waals surface area contributed by atoms with E-state index >= 15 is 0 Å². The molecule has 130 valence electrons. The number of halogens is 1. The Labute approximate surface area is 150 Å². The monoisotopic (exact) mass is 395 g/mol. The SMILES string of the molecule is COC(=O)CNC=O.Cc1ccc(Br)c(O)c1.Cc1ccccc1. The molecule has 0 unspecified atom stereocenters. The lowest BCUT2D eigenvalue weighted by Crippen LogP contribution is -2.21. The van der Waals surface area contributed by atoms with Crippen LogP contribution >= 0.6 is 15.9 Å². The molecule has 6 heteroatoms. The number of hydrogen-bond donors (Lipinski definition) is 2. The van der Waals surface area contributed by atoms with Crippen LogP contribution in [0.25, 0.3) is 0 Å². The van der Waals surface area contributed by atoms with Gasteiger partial charge >= 0.3 is 5.97 Å². The zero-order valence-electron chi connectivity index (χ0n) is 14.0. The molecule has 0 saturated heterocycles. The molecule has 2 N–H and O–H groups in total. The number of carbonyl (C=O) groups is 2. The van der Waals surface area contributed by atoms with Gasteiger partial charge in [0.15, 0.2) is 0 Å². The molecule has 0 atom stereocenters. The standard InChI is InChI=1S/C7H7BrO.C7H8.C4H7NO3/c1-5-2-3-6(8)7(9)4-5;1-7-5-3-2-4-6-7;1-8-4(7)2-5-3-6/h2-4,9H,1H3;2-6H,1H3;3H,2H2,1H3,(H,5,6). The maximum Gasteiger partial charge on any atom is 0.325 e. The molecule has 0 bridgehead atoms. The van der Waals surface area contributed by atoms with Crippen LogP contribution < -0.4 is 5.32 Å². The summed E-state index contributed by atoms with van der Waals surface area (Å²) in [6.07, 6.45) is 0.441. The van der Waals surface area contributed by atoms with Crippen molar-refractivity contribution in [1.82, 2.24) is 5.32 Å². The third-order valence-electron chi connectivity index (χ3n) is 2.60. The molecular weight excluding hydrogens is 374 g/mol. The highest BCUT2D eigenvalue weighted by Gasteiger charge is 1.94. The second-order valence-corrected chi connectivity index (χ2v) is 5.54. The van der Waals surface area contributed by atoms with Gasteiger partial charge in [0.05, 0.1) is 11.6 Å². The van der Waals surface area contributed by atoms with E-state index in [1.807, 2.05) is 37.3 Å². The average Bonchev–Trinajstić information content (AvgIpc) is 2.58. The molecule has 0 heterocycles. The summed E-state index contributed by atoms with van der Waals surface area (Å²) in [5, 5.41) is 11.2. The lowest BCUT2D eigenvalue weighted by molar-refractivity contribution is -0.140. The number of phenols is 1. The van der Waals surface area contributed by atoms with Gasteiger partial charge in [0.2, 0.25) is 6.41 Å². The topological polar surface area (TPSA) is 75.6 Å². The van der Waals surface area contributed by atoms with Crippen LogP contribution in [0.15, 0.2) is 53.0 Å². The Morgan fingerprint density at radius 2 is 1.79 bits per heavy atom. The predicted octanol–water partition coefficient (Wildman–Crippen LogP) is 3.36. The van der Waals surface area contributed by atoms with Gasteiger partial charge in [-0.1, -0.05) is 42.0 Å². The molecule has 0 aliphatic carbocycles. The van der Waals surface area contributed by atoms with Crippen molar-refractivity contribution < 1.29 is 19.4 Å². The number of hydrogen-bond acceptors (Lipinski definition) is 4. The van der Waals surface area contributed by atoms with Gasteiger partial charge < -0.3 is 15.2 Å². The second kappa shape index (κ2) is 13.1. The van der Waals surface area contributed by atoms with Gasteiger partial charge in [-0.2, -0.15) is 0 Å². The summed E-state index contributed by atoms with van der Waals surface area (Å²) in [5.74, 6) is -0.146. The number of benzene rings is 2. The van der Waals surface area contributed by atoms with Crippen LogP contribution in [-0.4, -0.2) is 31.1 Å². The lowest BCUT2D eigenvalue weighted by Gasteiger charge is -1.95. The summed E-state index contributed by atoms with van der Waals surface area (Å²) in [6, 6.07) is 15.7. The molecule has 1 amide bonds. The molecule has 2 aromatic carbocycles. The third-order valence-corrected chi connectivity index (χ3v) is 3.27. The molecule has 5 nitrogen and oxygen atoms in total. The molecule has 2 rings (SSSR count). The quantitative estimate of drug-likeness (QED) is 0.616. The van der Waals surface area contributed by atoms with E-state index in [1.165, 1.54) is 12.7 Å². The average molecular weight is 396 g/mol. The van der Waals surface area contributed by atoms with Gasteiger partial charge in [0.25, 0.3) is 0 Å². The van der Waals surface area contributed by atoms with Crippen molar-refractivity contribution in [1.29, 1.82) is 0 Å². The number of phenolic OH excluding ortho intramolecular Hbond substituents is 1. The van der Waals surface area contributed by atoms with E-state index in [9.17, 15) is 9.59 Å². The highest BCUT2D eigenvalue weighted by molar-refractivity contribution is 9.10. The number of carbonyl (C=O) groups excluding carboxylic acids is 2. The molecule has 0 aliphatic heterocycles. The van der Waals surface area contributed by atoms with E-state index in [-0.39, 0.29) is 6.54 Å². The summed E-state index contributed by atoms with van der Waals surface area (Å²) in [4.78, 5) is 19.6. The smallest absolute Gasteiger partial charge is 0.325 e. The number of amides is 1. The Kier molecular flexibility index (Phi) is 11.9. The summed E-state index contributed by atoms with van der Waals surface area (Å²) in [5.41, 5.74) is 2.39. The van der Waals surface area contributed by atoms with Crippen LogP contribution in [0, 0.1) is 13.8 Å². The van der Waals surface area contributed by atoms with Gasteiger partial charge in [-0.15, -0.1) is 0 Å². The Morgan fingerprint density at radius 1 is 1.17 bits per heavy atom. The van der Waals surface area contributed by atoms with Gasteiger partial charge in [-0.25, -0.2) is 0 Å². The van der Waals surface area contributed by atoms with Crippen molar-refractivity contribution in [2.24, 2.45) is 0 Å². The highest BCUT2D eigenvalue weighted by atomic mass is 79.9. The number of aryl methyl sites for hydroxylation is 2.